The molecule has 0 saturated carbocycles. The van der Waals surface area contributed by atoms with Crippen molar-refractivity contribution in [2.75, 3.05) is 6.61 Å². The minimum Gasteiger partial charge on any atom is -0.490 e. The smallest absolute Gasteiger partial charge is 0.252 e. The van der Waals surface area contributed by atoms with Gasteiger partial charge in [0.1, 0.15) is 12.4 Å². The molecule has 1 aromatic carbocycles. The standard InChI is InChI=1S/C19H23N3O4/c1-10(2)26-16-8-13-12(7-14(16)18(20)24)4-5-21-19(13)25-9-15-11(3)6-17(23)22-15/h4-5,7-8,10-11,15H,6,9H2,1-3H3,(H2,20,24)(H,22,23)/t11-,15?/m0/s1. The second-order valence-corrected chi connectivity index (χ2v) is 6.88. The second-order valence-electron chi connectivity index (χ2n) is 6.88. The number of ether oxygens (including phenoxy) is 2. The van der Waals surface area contributed by atoms with E-state index in [9.17, 15) is 9.59 Å². The Hall–Kier alpha value is -2.83. The van der Waals surface area contributed by atoms with Crippen molar-refractivity contribution in [3.05, 3.63) is 30.0 Å². The van der Waals surface area contributed by atoms with Crippen LogP contribution < -0.4 is 20.5 Å². The molecule has 1 fully saturated rings. The number of carbonyl (C=O) groups excluding carboxylic acids is 2. The molecule has 3 N–H and O–H groups in total. The largest absolute Gasteiger partial charge is 0.490 e. The van der Waals surface area contributed by atoms with Gasteiger partial charge >= 0.3 is 0 Å². The summed E-state index contributed by atoms with van der Waals surface area (Å²) in [7, 11) is 0. The number of carbonyl (C=O) groups is 2. The topological polar surface area (TPSA) is 104 Å². The summed E-state index contributed by atoms with van der Waals surface area (Å²) in [5.74, 6) is 0.527. The van der Waals surface area contributed by atoms with E-state index >= 15 is 0 Å². The number of benzene rings is 1. The summed E-state index contributed by atoms with van der Waals surface area (Å²) >= 11 is 0. The Morgan fingerprint density at radius 3 is 2.81 bits per heavy atom. The van der Waals surface area contributed by atoms with Crippen LogP contribution in [-0.4, -0.2) is 35.6 Å². The first-order valence-corrected chi connectivity index (χ1v) is 8.66. The fourth-order valence-corrected chi connectivity index (χ4v) is 3.05. The highest BCUT2D eigenvalue weighted by Gasteiger charge is 2.29. The molecule has 1 saturated heterocycles. The van der Waals surface area contributed by atoms with E-state index in [1.165, 1.54) is 0 Å². The molecule has 0 bridgehead atoms. The number of hydrogen-bond acceptors (Lipinski definition) is 5. The molecule has 2 atom stereocenters. The third kappa shape index (κ3) is 3.71. The first-order valence-electron chi connectivity index (χ1n) is 8.66. The summed E-state index contributed by atoms with van der Waals surface area (Å²) in [6, 6.07) is 5.15. The molecule has 3 rings (SSSR count). The van der Waals surface area contributed by atoms with Crippen LogP contribution in [-0.2, 0) is 4.79 Å². The van der Waals surface area contributed by atoms with E-state index in [2.05, 4.69) is 10.3 Å². The second kappa shape index (κ2) is 7.19. The highest BCUT2D eigenvalue weighted by molar-refractivity contribution is 6.01. The van der Waals surface area contributed by atoms with Crippen LogP contribution in [0.2, 0.25) is 0 Å². The van der Waals surface area contributed by atoms with Crippen molar-refractivity contribution in [2.24, 2.45) is 11.7 Å². The number of amides is 2. The summed E-state index contributed by atoms with van der Waals surface area (Å²) in [6.07, 6.45) is 2.01. The average molecular weight is 357 g/mol. The monoisotopic (exact) mass is 357 g/mol. The van der Waals surface area contributed by atoms with Gasteiger partial charge in [-0.3, -0.25) is 9.59 Å². The van der Waals surface area contributed by atoms with E-state index in [1.54, 1.807) is 24.4 Å². The van der Waals surface area contributed by atoms with Crippen LogP contribution in [0, 0.1) is 5.92 Å². The van der Waals surface area contributed by atoms with Crippen molar-refractivity contribution in [1.82, 2.24) is 10.3 Å². The van der Waals surface area contributed by atoms with E-state index < -0.39 is 5.91 Å². The number of nitrogens with zero attached hydrogens (tertiary/aromatic N) is 1. The summed E-state index contributed by atoms with van der Waals surface area (Å²) in [6.45, 7) is 6.09. The van der Waals surface area contributed by atoms with Crippen molar-refractivity contribution in [3.63, 3.8) is 0 Å². The summed E-state index contributed by atoms with van der Waals surface area (Å²) in [5.41, 5.74) is 5.80. The summed E-state index contributed by atoms with van der Waals surface area (Å²) < 4.78 is 11.6. The zero-order chi connectivity index (χ0) is 18.8. The van der Waals surface area contributed by atoms with Gasteiger partial charge in [0.15, 0.2) is 0 Å². The summed E-state index contributed by atoms with van der Waals surface area (Å²) in [5, 5.41) is 4.41. The predicted octanol–water partition coefficient (Wildman–Crippen LogP) is 2.02. The molecule has 1 aromatic heterocycles. The highest BCUT2D eigenvalue weighted by Crippen LogP contribution is 2.31. The molecule has 1 aliphatic rings. The van der Waals surface area contributed by atoms with Crippen LogP contribution in [0.15, 0.2) is 24.4 Å². The van der Waals surface area contributed by atoms with Crippen molar-refractivity contribution in [2.45, 2.75) is 39.3 Å². The van der Waals surface area contributed by atoms with E-state index in [1.807, 2.05) is 20.8 Å². The maximum absolute atomic E-state index is 11.8. The zero-order valence-electron chi connectivity index (χ0n) is 15.1. The van der Waals surface area contributed by atoms with Gasteiger partial charge < -0.3 is 20.5 Å². The lowest BCUT2D eigenvalue weighted by Gasteiger charge is -2.18. The molecule has 7 heteroatoms. The van der Waals surface area contributed by atoms with Crippen LogP contribution >= 0.6 is 0 Å². The van der Waals surface area contributed by atoms with Gasteiger partial charge in [-0.25, -0.2) is 4.98 Å². The molecule has 2 heterocycles. The van der Waals surface area contributed by atoms with Crippen LogP contribution in [0.1, 0.15) is 37.6 Å². The predicted molar refractivity (Wildman–Crippen MR) is 97.2 cm³/mol. The third-order valence-electron chi connectivity index (χ3n) is 4.40. The number of hydrogen-bond donors (Lipinski definition) is 2. The number of rotatable bonds is 6. The molecule has 1 aliphatic heterocycles. The SMILES string of the molecule is CC(C)Oc1cc2c(OCC3NC(=O)C[C@@H]3C)nccc2cc1C(N)=O. The fourth-order valence-electron chi connectivity index (χ4n) is 3.05. The van der Waals surface area contributed by atoms with Gasteiger partial charge in [0.05, 0.1) is 17.7 Å². The normalized spacial score (nSPS) is 19.6. The lowest BCUT2D eigenvalue weighted by Crippen LogP contribution is -2.34. The first kappa shape index (κ1) is 18.0. The summed E-state index contributed by atoms with van der Waals surface area (Å²) in [4.78, 5) is 27.5. The molecular formula is C19H23N3O4. The van der Waals surface area contributed by atoms with Gasteiger partial charge in [-0.2, -0.15) is 0 Å². The van der Waals surface area contributed by atoms with Crippen LogP contribution in [0.4, 0.5) is 0 Å². The number of fused-ring (bicyclic) bond motifs is 1. The molecular weight excluding hydrogens is 334 g/mol. The quantitative estimate of drug-likeness (QED) is 0.823. The maximum Gasteiger partial charge on any atom is 0.252 e. The third-order valence-corrected chi connectivity index (χ3v) is 4.40. The van der Waals surface area contributed by atoms with Gasteiger partial charge in [0.2, 0.25) is 11.8 Å². The van der Waals surface area contributed by atoms with E-state index in [0.29, 0.717) is 30.2 Å². The Morgan fingerprint density at radius 2 is 2.19 bits per heavy atom. The minimum atomic E-state index is -0.552. The highest BCUT2D eigenvalue weighted by atomic mass is 16.5. The van der Waals surface area contributed by atoms with Crippen molar-refractivity contribution >= 4 is 22.6 Å². The molecule has 138 valence electrons. The van der Waals surface area contributed by atoms with Gasteiger partial charge in [-0.15, -0.1) is 0 Å². The average Bonchev–Trinajstić information content (AvgIpc) is 2.89. The van der Waals surface area contributed by atoms with Crippen molar-refractivity contribution < 1.29 is 19.1 Å². The van der Waals surface area contributed by atoms with Crippen LogP contribution in [0.25, 0.3) is 10.8 Å². The van der Waals surface area contributed by atoms with Crippen molar-refractivity contribution in [1.29, 1.82) is 0 Å². The molecule has 0 spiro atoms. The fraction of sp³-hybridized carbons (Fsp3) is 0.421. The minimum absolute atomic E-state index is 0.0377. The number of nitrogens with two attached hydrogens (primary N) is 1. The van der Waals surface area contributed by atoms with E-state index in [0.717, 1.165) is 10.8 Å². The number of pyridine rings is 1. The zero-order valence-corrected chi connectivity index (χ0v) is 15.1. The van der Waals surface area contributed by atoms with Gasteiger partial charge in [-0.1, -0.05) is 6.92 Å². The van der Waals surface area contributed by atoms with E-state index in [4.69, 9.17) is 15.2 Å². The number of aromatic nitrogens is 1. The molecule has 1 unspecified atom stereocenters. The van der Waals surface area contributed by atoms with E-state index in [-0.39, 0.29) is 24.0 Å². The Labute approximate surface area is 151 Å². The van der Waals surface area contributed by atoms with Gasteiger partial charge in [0.25, 0.3) is 5.91 Å². The Kier molecular flexibility index (Phi) is 4.97. The Bertz CT molecular complexity index is 850. The van der Waals surface area contributed by atoms with Gasteiger partial charge in [0, 0.05) is 18.0 Å². The molecule has 2 amide bonds. The molecule has 2 aromatic rings. The Balaban J connectivity index is 1.93. The first-order chi connectivity index (χ1) is 12.3. The van der Waals surface area contributed by atoms with Crippen molar-refractivity contribution in [3.8, 4) is 11.6 Å². The molecule has 26 heavy (non-hydrogen) atoms. The van der Waals surface area contributed by atoms with Gasteiger partial charge in [-0.05, 0) is 43.4 Å². The Morgan fingerprint density at radius 1 is 1.42 bits per heavy atom. The number of nitrogens with one attached hydrogen (secondary N) is 1. The maximum atomic E-state index is 11.8. The van der Waals surface area contributed by atoms with Crippen LogP contribution in [0.3, 0.4) is 0 Å². The molecule has 0 aliphatic carbocycles. The van der Waals surface area contributed by atoms with Crippen LogP contribution in [0.5, 0.6) is 11.6 Å². The number of primary amides is 1. The lowest BCUT2D eigenvalue weighted by atomic mass is 10.0. The molecule has 0 radical (unpaired) electrons. The molecule has 7 nitrogen and oxygen atoms in total. The lowest BCUT2D eigenvalue weighted by molar-refractivity contribution is -0.119.